The lowest BCUT2D eigenvalue weighted by atomic mass is 10.0. The molecule has 1 heterocycles. The zero-order valence-electron chi connectivity index (χ0n) is 11.1. The maximum absolute atomic E-state index is 14.1. The molecule has 3 nitrogen and oxygen atoms in total. The van der Waals surface area contributed by atoms with Crippen molar-refractivity contribution in [3.05, 3.63) is 59.8 Å². The van der Waals surface area contributed by atoms with Gasteiger partial charge in [0.05, 0.1) is 7.11 Å². The molecule has 21 heavy (non-hydrogen) atoms. The monoisotopic (exact) mass is 287 g/mol. The molecule has 3 aromatic rings. The maximum Gasteiger partial charge on any atom is 0.355 e. The van der Waals surface area contributed by atoms with Crippen molar-refractivity contribution >= 4 is 16.9 Å². The van der Waals surface area contributed by atoms with Gasteiger partial charge >= 0.3 is 5.97 Å². The molecule has 0 aliphatic carbocycles. The van der Waals surface area contributed by atoms with Crippen LogP contribution in [0.2, 0.25) is 0 Å². The number of ether oxygens (including phenoxy) is 1. The number of esters is 1. The summed E-state index contributed by atoms with van der Waals surface area (Å²) in [6.45, 7) is 0. The van der Waals surface area contributed by atoms with Crippen molar-refractivity contribution < 1.29 is 18.3 Å². The van der Waals surface area contributed by atoms with Gasteiger partial charge in [-0.1, -0.05) is 18.2 Å². The number of carbonyl (C=O) groups excluding carboxylic acids is 1. The van der Waals surface area contributed by atoms with Crippen LogP contribution >= 0.6 is 0 Å². The van der Waals surface area contributed by atoms with Gasteiger partial charge in [0.2, 0.25) is 0 Å². The van der Waals surface area contributed by atoms with E-state index in [9.17, 15) is 13.6 Å². The van der Waals surface area contributed by atoms with E-state index in [-0.39, 0.29) is 11.3 Å². The molecule has 0 saturated carbocycles. The van der Waals surface area contributed by atoms with E-state index in [1.165, 1.54) is 31.4 Å². The van der Waals surface area contributed by atoms with Crippen molar-refractivity contribution in [2.75, 3.05) is 7.11 Å². The summed E-state index contributed by atoms with van der Waals surface area (Å²) in [6.07, 6.45) is 0. The van der Waals surface area contributed by atoms with E-state index < -0.39 is 17.6 Å². The van der Waals surface area contributed by atoms with Crippen LogP contribution in [0.5, 0.6) is 0 Å². The largest absolute Gasteiger partial charge is 0.464 e. The van der Waals surface area contributed by atoms with Gasteiger partial charge in [0.15, 0.2) is 0 Å². The maximum atomic E-state index is 14.1. The van der Waals surface area contributed by atoms with Gasteiger partial charge in [-0.3, -0.25) is 0 Å². The Bertz CT molecular complexity index is 839. The van der Waals surface area contributed by atoms with Crippen molar-refractivity contribution in [3.63, 3.8) is 0 Å². The Hall–Kier alpha value is -2.69. The van der Waals surface area contributed by atoms with E-state index in [2.05, 4.69) is 4.98 Å². The zero-order valence-corrected chi connectivity index (χ0v) is 11.1. The third kappa shape index (κ3) is 2.16. The highest BCUT2D eigenvalue weighted by molar-refractivity contribution is 6.08. The topological polar surface area (TPSA) is 42.1 Å². The first kappa shape index (κ1) is 13.3. The molecule has 2 aromatic carbocycles. The summed E-state index contributed by atoms with van der Waals surface area (Å²) in [4.78, 5) is 14.7. The van der Waals surface area contributed by atoms with Gasteiger partial charge < -0.3 is 9.72 Å². The van der Waals surface area contributed by atoms with Crippen LogP contribution in [0.1, 0.15) is 10.5 Å². The van der Waals surface area contributed by atoms with E-state index in [0.29, 0.717) is 16.5 Å². The summed E-state index contributed by atoms with van der Waals surface area (Å²) < 4.78 is 32.1. The number of hydrogen-bond donors (Lipinski definition) is 1. The van der Waals surface area contributed by atoms with Gasteiger partial charge in [0, 0.05) is 22.0 Å². The number of carbonyl (C=O) groups is 1. The minimum absolute atomic E-state index is 0.100. The first-order valence-corrected chi connectivity index (χ1v) is 6.26. The molecule has 0 aliphatic heterocycles. The minimum atomic E-state index is -0.634. The lowest BCUT2D eigenvalue weighted by molar-refractivity contribution is 0.0596. The van der Waals surface area contributed by atoms with Crippen LogP contribution in [0, 0.1) is 11.6 Å². The fourth-order valence-electron chi connectivity index (χ4n) is 2.37. The van der Waals surface area contributed by atoms with E-state index >= 15 is 0 Å². The highest BCUT2D eigenvalue weighted by Crippen LogP contribution is 2.34. The molecule has 5 heteroatoms. The first-order valence-electron chi connectivity index (χ1n) is 6.26. The van der Waals surface area contributed by atoms with Crippen molar-refractivity contribution in [1.82, 2.24) is 4.98 Å². The third-order valence-corrected chi connectivity index (χ3v) is 3.29. The smallest absolute Gasteiger partial charge is 0.355 e. The Labute approximate surface area is 119 Å². The van der Waals surface area contributed by atoms with E-state index in [4.69, 9.17) is 4.74 Å². The molecule has 0 unspecified atom stereocenters. The average molecular weight is 287 g/mol. The molecule has 106 valence electrons. The second-order valence-corrected chi connectivity index (χ2v) is 4.54. The molecule has 0 spiro atoms. The molecular weight excluding hydrogens is 276 g/mol. The van der Waals surface area contributed by atoms with Crippen molar-refractivity contribution in [3.8, 4) is 11.1 Å². The molecule has 1 aromatic heterocycles. The summed E-state index contributed by atoms with van der Waals surface area (Å²) in [6, 6.07) is 10.1. The van der Waals surface area contributed by atoms with Gasteiger partial charge in [-0.15, -0.1) is 0 Å². The molecule has 0 radical (unpaired) electrons. The van der Waals surface area contributed by atoms with Gasteiger partial charge in [0.25, 0.3) is 0 Å². The second kappa shape index (κ2) is 5.01. The zero-order chi connectivity index (χ0) is 15.0. The Kier molecular flexibility index (Phi) is 3.17. The highest BCUT2D eigenvalue weighted by Gasteiger charge is 2.21. The van der Waals surface area contributed by atoms with Crippen LogP contribution in [0.15, 0.2) is 42.5 Å². The van der Waals surface area contributed by atoms with Crippen molar-refractivity contribution in [1.29, 1.82) is 0 Å². The quantitative estimate of drug-likeness (QED) is 0.726. The van der Waals surface area contributed by atoms with Crippen molar-refractivity contribution in [2.45, 2.75) is 0 Å². The van der Waals surface area contributed by atoms with Crippen LogP contribution in [0.4, 0.5) is 8.78 Å². The lowest BCUT2D eigenvalue weighted by Gasteiger charge is -2.05. The van der Waals surface area contributed by atoms with Crippen LogP contribution in [-0.2, 0) is 4.74 Å². The predicted molar refractivity (Wildman–Crippen MR) is 75.0 cm³/mol. The van der Waals surface area contributed by atoms with Crippen molar-refractivity contribution in [2.24, 2.45) is 0 Å². The predicted octanol–water partition coefficient (Wildman–Crippen LogP) is 3.90. The molecular formula is C16H11F2NO2. The van der Waals surface area contributed by atoms with E-state index in [0.717, 1.165) is 0 Å². The molecule has 1 N–H and O–H groups in total. The van der Waals surface area contributed by atoms with Gasteiger partial charge in [-0.2, -0.15) is 0 Å². The Morgan fingerprint density at radius 1 is 1.14 bits per heavy atom. The number of halogens is 2. The van der Waals surface area contributed by atoms with Crippen LogP contribution < -0.4 is 0 Å². The van der Waals surface area contributed by atoms with Crippen LogP contribution in [-0.4, -0.2) is 18.1 Å². The van der Waals surface area contributed by atoms with Crippen LogP contribution in [0.25, 0.3) is 22.0 Å². The Balaban J connectivity index is 2.38. The fraction of sp³-hybridized carbons (Fsp3) is 0.0625. The summed E-state index contributed by atoms with van der Waals surface area (Å²) >= 11 is 0. The minimum Gasteiger partial charge on any atom is -0.464 e. The Morgan fingerprint density at radius 2 is 1.90 bits per heavy atom. The molecule has 0 bridgehead atoms. The second-order valence-electron chi connectivity index (χ2n) is 4.54. The summed E-state index contributed by atoms with van der Waals surface area (Å²) in [5.74, 6) is -1.54. The lowest BCUT2D eigenvalue weighted by Crippen LogP contribution is -2.03. The summed E-state index contributed by atoms with van der Waals surface area (Å²) in [5.41, 5.74) is 1.14. The number of benzene rings is 2. The number of rotatable bonds is 2. The van der Waals surface area contributed by atoms with Crippen LogP contribution in [0.3, 0.4) is 0 Å². The van der Waals surface area contributed by atoms with E-state index in [1.54, 1.807) is 18.2 Å². The standard InChI is InChI=1S/C16H11F2NO2/c1-21-16(20)15-14(10-4-2-3-5-12(10)18)11-7-6-9(17)8-13(11)19-15/h2-8,19H,1H3. The molecule has 3 rings (SSSR count). The summed E-state index contributed by atoms with van der Waals surface area (Å²) in [7, 11) is 1.24. The third-order valence-electron chi connectivity index (χ3n) is 3.29. The summed E-state index contributed by atoms with van der Waals surface area (Å²) in [5, 5.41) is 0.557. The molecule has 0 aliphatic rings. The number of aromatic nitrogens is 1. The number of methoxy groups -OCH3 is 1. The average Bonchev–Trinajstić information content (AvgIpc) is 2.85. The Morgan fingerprint density at radius 3 is 2.62 bits per heavy atom. The molecule has 0 amide bonds. The van der Waals surface area contributed by atoms with Gasteiger partial charge in [0.1, 0.15) is 17.3 Å². The van der Waals surface area contributed by atoms with Gasteiger partial charge in [-0.05, 0) is 24.3 Å². The number of nitrogens with one attached hydrogen (secondary N) is 1. The number of H-pyrrole nitrogens is 1. The molecule has 0 fully saturated rings. The number of hydrogen-bond acceptors (Lipinski definition) is 2. The molecule has 0 atom stereocenters. The van der Waals surface area contributed by atoms with E-state index in [1.807, 2.05) is 0 Å². The fourth-order valence-corrected chi connectivity index (χ4v) is 2.37. The highest BCUT2D eigenvalue weighted by atomic mass is 19.1. The van der Waals surface area contributed by atoms with Gasteiger partial charge in [-0.25, -0.2) is 13.6 Å². The number of aromatic amines is 1. The number of fused-ring (bicyclic) bond motifs is 1. The SMILES string of the molecule is COC(=O)c1[nH]c2cc(F)ccc2c1-c1ccccc1F. The molecule has 0 saturated heterocycles. The normalized spacial score (nSPS) is 10.8. The first-order chi connectivity index (χ1) is 10.1.